The van der Waals surface area contributed by atoms with Gasteiger partial charge in [-0.2, -0.15) is 13.2 Å². The maximum absolute atomic E-state index is 13.2. The van der Waals surface area contributed by atoms with Crippen LogP contribution in [0, 0.1) is 0 Å². The van der Waals surface area contributed by atoms with Crippen molar-refractivity contribution in [2.45, 2.75) is 25.1 Å². The summed E-state index contributed by atoms with van der Waals surface area (Å²) in [7, 11) is 1.43. The average Bonchev–Trinajstić information content (AvgIpc) is 2.68. The third-order valence-corrected chi connectivity index (χ3v) is 4.08. The highest BCUT2D eigenvalue weighted by Crippen LogP contribution is 2.39. The lowest BCUT2D eigenvalue weighted by molar-refractivity contribution is -0.138. The largest absolute Gasteiger partial charge is 0.416 e. The molecule has 8 heteroatoms. The Labute approximate surface area is 124 Å². The Kier molecular flexibility index (Phi) is 3.42. The molecule has 2 N–H and O–H groups in total. The number of aliphatic hydroxyl groups excluding tert-OH is 2. The van der Waals surface area contributed by atoms with Crippen LogP contribution in [0.2, 0.25) is 0 Å². The van der Waals surface area contributed by atoms with E-state index in [4.69, 9.17) is 0 Å². The molecule has 0 aromatic heterocycles. The molecule has 1 amide bonds. The van der Waals surface area contributed by atoms with Gasteiger partial charge >= 0.3 is 6.18 Å². The van der Waals surface area contributed by atoms with E-state index in [1.54, 1.807) is 0 Å². The standard InChI is InChI=1S/C14H15F3N2O3/c1-18-6-10-9(13(18)22)2-7(3-11(10)14(15,16)17)12(21)19-4-8(20)5-19/h2-3,8,12,20-21H,4-6H2,1H3. The van der Waals surface area contributed by atoms with Gasteiger partial charge in [-0.3, -0.25) is 9.69 Å². The van der Waals surface area contributed by atoms with Crippen molar-refractivity contribution in [2.24, 2.45) is 0 Å². The van der Waals surface area contributed by atoms with Crippen LogP contribution in [-0.2, 0) is 12.7 Å². The van der Waals surface area contributed by atoms with E-state index in [1.807, 2.05) is 0 Å². The molecule has 1 aromatic rings. The number of β-amino-alcohol motifs (C(OH)–C–C–N with tert-alkyl or cyclic N) is 1. The highest BCUT2D eigenvalue weighted by Gasteiger charge is 2.40. The Morgan fingerprint density at radius 1 is 1.32 bits per heavy atom. The zero-order valence-corrected chi connectivity index (χ0v) is 11.8. The zero-order valence-electron chi connectivity index (χ0n) is 11.8. The Morgan fingerprint density at radius 2 is 1.95 bits per heavy atom. The van der Waals surface area contributed by atoms with Crippen molar-refractivity contribution in [2.75, 3.05) is 20.1 Å². The van der Waals surface area contributed by atoms with Crippen molar-refractivity contribution >= 4 is 5.91 Å². The number of halogens is 3. The van der Waals surface area contributed by atoms with Gasteiger partial charge in [-0.05, 0) is 23.3 Å². The number of hydrogen-bond acceptors (Lipinski definition) is 4. The predicted molar refractivity (Wildman–Crippen MR) is 69.8 cm³/mol. The Balaban J connectivity index is 2.04. The topological polar surface area (TPSA) is 64.0 Å². The predicted octanol–water partition coefficient (Wildman–Crippen LogP) is 0.958. The van der Waals surface area contributed by atoms with Gasteiger partial charge in [0.2, 0.25) is 0 Å². The second-order valence-electron chi connectivity index (χ2n) is 5.73. The maximum atomic E-state index is 13.2. The fraction of sp³-hybridized carbons (Fsp3) is 0.500. The summed E-state index contributed by atoms with van der Waals surface area (Å²) in [6.07, 6.45) is -6.45. The molecule has 1 aromatic carbocycles. The van der Waals surface area contributed by atoms with Crippen LogP contribution in [0.4, 0.5) is 13.2 Å². The lowest BCUT2D eigenvalue weighted by Gasteiger charge is -2.39. The SMILES string of the molecule is CN1Cc2c(cc(C(O)N3CC(O)C3)cc2C(F)(F)F)C1=O. The molecule has 1 fully saturated rings. The van der Waals surface area contributed by atoms with E-state index in [1.165, 1.54) is 22.9 Å². The molecule has 2 aliphatic heterocycles. The third kappa shape index (κ3) is 2.37. The smallest absolute Gasteiger partial charge is 0.390 e. The van der Waals surface area contributed by atoms with Gasteiger partial charge in [0.25, 0.3) is 5.91 Å². The Hall–Kier alpha value is -1.64. The maximum Gasteiger partial charge on any atom is 0.416 e. The number of nitrogens with zero attached hydrogens (tertiary/aromatic N) is 2. The van der Waals surface area contributed by atoms with E-state index < -0.39 is 30.0 Å². The quantitative estimate of drug-likeness (QED) is 0.853. The van der Waals surface area contributed by atoms with Gasteiger partial charge in [0.05, 0.1) is 11.7 Å². The highest BCUT2D eigenvalue weighted by molar-refractivity contribution is 5.98. The van der Waals surface area contributed by atoms with E-state index in [9.17, 15) is 28.2 Å². The lowest BCUT2D eigenvalue weighted by atomic mass is 9.97. The minimum atomic E-state index is -4.60. The second kappa shape index (κ2) is 4.94. The van der Waals surface area contributed by atoms with Gasteiger partial charge < -0.3 is 15.1 Å². The molecule has 1 saturated heterocycles. The zero-order chi connectivity index (χ0) is 16.2. The first-order valence-corrected chi connectivity index (χ1v) is 6.78. The molecular formula is C14H15F3N2O3. The number of alkyl halides is 3. The number of carbonyl (C=O) groups is 1. The summed E-state index contributed by atoms with van der Waals surface area (Å²) in [6, 6.07) is 2.20. The number of aliphatic hydroxyl groups is 2. The summed E-state index contributed by atoms with van der Waals surface area (Å²) in [5.41, 5.74) is -0.952. The van der Waals surface area contributed by atoms with Crippen LogP contribution >= 0.6 is 0 Å². The average molecular weight is 316 g/mol. The summed E-state index contributed by atoms with van der Waals surface area (Å²) in [5, 5.41) is 19.4. The van der Waals surface area contributed by atoms with Crippen molar-refractivity contribution in [1.29, 1.82) is 0 Å². The summed E-state index contributed by atoms with van der Waals surface area (Å²) in [6.45, 7) is 0.280. The van der Waals surface area contributed by atoms with Gasteiger partial charge in [-0.15, -0.1) is 0 Å². The molecule has 2 heterocycles. The molecule has 1 unspecified atom stereocenters. The fourth-order valence-corrected chi connectivity index (χ4v) is 2.87. The number of fused-ring (bicyclic) bond motifs is 1. The fourth-order valence-electron chi connectivity index (χ4n) is 2.87. The number of hydrogen-bond donors (Lipinski definition) is 2. The molecule has 120 valence electrons. The number of benzene rings is 1. The first-order valence-electron chi connectivity index (χ1n) is 6.78. The van der Waals surface area contributed by atoms with E-state index in [0.29, 0.717) is 0 Å². The molecule has 22 heavy (non-hydrogen) atoms. The normalized spacial score (nSPS) is 21.0. The molecule has 3 rings (SSSR count). The minimum absolute atomic E-state index is 0.0154. The molecule has 5 nitrogen and oxygen atoms in total. The van der Waals surface area contributed by atoms with Crippen LogP contribution in [0.5, 0.6) is 0 Å². The van der Waals surface area contributed by atoms with E-state index in [0.717, 1.165) is 6.07 Å². The van der Waals surface area contributed by atoms with E-state index in [-0.39, 0.29) is 36.3 Å². The number of likely N-dealkylation sites (tertiary alicyclic amines) is 1. The molecule has 1 atom stereocenters. The first kappa shape index (κ1) is 15.3. The van der Waals surface area contributed by atoms with Crippen molar-refractivity contribution in [3.63, 3.8) is 0 Å². The highest BCUT2D eigenvalue weighted by atomic mass is 19.4. The van der Waals surface area contributed by atoms with Gasteiger partial charge in [-0.25, -0.2) is 0 Å². The molecule has 0 saturated carbocycles. The molecule has 0 aliphatic carbocycles. The summed E-state index contributed by atoms with van der Waals surface area (Å²) >= 11 is 0. The van der Waals surface area contributed by atoms with E-state index in [2.05, 4.69) is 0 Å². The molecular weight excluding hydrogens is 301 g/mol. The van der Waals surface area contributed by atoms with Gasteiger partial charge in [0.1, 0.15) is 6.23 Å². The van der Waals surface area contributed by atoms with Gasteiger partial charge in [0.15, 0.2) is 0 Å². The van der Waals surface area contributed by atoms with Crippen LogP contribution in [0.1, 0.15) is 33.3 Å². The number of amides is 1. The summed E-state index contributed by atoms with van der Waals surface area (Å²) < 4.78 is 39.7. The van der Waals surface area contributed by atoms with Crippen molar-refractivity contribution in [3.05, 3.63) is 34.4 Å². The lowest BCUT2D eigenvalue weighted by Crippen LogP contribution is -2.52. The van der Waals surface area contributed by atoms with Crippen molar-refractivity contribution in [3.8, 4) is 0 Å². The van der Waals surface area contributed by atoms with Crippen LogP contribution in [0.3, 0.4) is 0 Å². The van der Waals surface area contributed by atoms with Crippen LogP contribution in [0.15, 0.2) is 12.1 Å². The van der Waals surface area contributed by atoms with Gasteiger partial charge in [-0.1, -0.05) is 0 Å². The van der Waals surface area contributed by atoms with Crippen LogP contribution in [0.25, 0.3) is 0 Å². The summed E-state index contributed by atoms with van der Waals surface area (Å²) in [5.74, 6) is -0.488. The van der Waals surface area contributed by atoms with Crippen LogP contribution < -0.4 is 0 Å². The Morgan fingerprint density at radius 3 is 2.50 bits per heavy atom. The molecule has 0 bridgehead atoms. The third-order valence-electron chi connectivity index (χ3n) is 4.08. The summed E-state index contributed by atoms with van der Waals surface area (Å²) in [4.78, 5) is 14.6. The molecule has 0 radical (unpaired) electrons. The Bertz CT molecular complexity index is 626. The molecule has 2 aliphatic rings. The monoisotopic (exact) mass is 316 g/mol. The number of rotatable bonds is 2. The minimum Gasteiger partial charge on any atom is -0.390 e. The molecule has 0 spiro atoms. The van der Waals surface area contributed by atoms with Crippen molar-refractivity contribution in [1.82, 2.24) is 9.80 Å². The van der Waals surface area contributed by atoms with Gasteiger partial charge in [0, 0.05) is 32.2 Å². The first-order chi connectivity index (χ1) is 10.2. The van der Waals surface area contributed by atoms with E-state index >= 15 is 0 Å². The second-order valence-corrected chi connectivity index (χ2v) is 5.73. The van der Waals surface area contributed by atoms with Crippen LogP contribution in [-0.4, -0.2) is 52.2 Å². The van der Waals surface area contributed by atoms with Crippen molar-refractivity contribution < 1.29 is 28.2 Å². The number of carbonyl (C=O) groups excluding carboxylic acids is 1.